The van der Waals surface area contributed by atoms with Crippen molar-refractivity contribution in [1.82, 2.24) is 10.6 Å². The van der Waals surface area contributed by atoms with Crippen LogP contribution in [0.4, 0.5) is 32.0 Å². The van der Waals surface area contributed by atoms with Crippen molar-refractivity contribution in [2.75, 3.05) is 12.4 Å². The third-order valence-electron chi connectivity index (χ3n) is 6.94. The number of allylic oxidation sites excluding steroid dienone is 1. The first-order valence-corrected chi connectivity index (χ1v) is 12.6. The van der Waals surface area contributed by atoms with Crippen molar-refractivity contribution in [3.8, 4) is 11.1 Å². The molecule has 0 heterocycles. The molecule has 0 fully saturated rings. The quantitative estimate of drug-likeness (QED) is 0.214. The van der Waals surface area contributed by atoms with Gasteiger partial charge < -0.3 is 16.0 Å². The number of rotatable bonds is 7. The summed E-state index contributed by atoms with van der Waals surface area (Å²) < 4.78 is 80.7. The van der Waals surface area contributed by atoms with Gasteiger partial charge in [-0.05, 0) is 90.9 Å². The summed E-state index contributed by atoms with van der Waals surface area (Å²) in [5, 5.41) is 6.65. The number of alkyl halides is 5. The van der Waals surface area contributed by atoms with E-state index in [1.807, 2.05) is 5.32 Å². The minimum absolute atomic E-state index is 0.0217. The lowest BCUT2D eigenvalue weighted by atomic mass is 9.80. The molecule has 1 aliphatic rings. The average Bonchev–Trinajstić information content (AvgIpc) is 2.91. The monoisotopic (exact) mass is 575 g/mol. The molecule has 3 aromatic rings. The van der Waals surface area contributed by atoms with Crippen LogP contribution in [0.15, 0.2) is 60.7 Å². The third-order valence-corrected chi connectivity index (χ3v) is 6.94. The predicted octanol–water partition coefficient (Wildman–Crippen LogP) is 6.80. The van der Waals surface area contributed by atoms with Crippen molar-refractivity contribution in [2.24, 2.45) is 0 Å². The summed E-state index contributed by atoms with van der Waals surface area (Å²) in [6.07, 6.45) is -3.92. The normalized spacial score (nSPS) is 13.6. The summed E-state index contributed by atoms with van der Waals surface area (Å²) in [5.74, 6) is -1.88. The van der Waals surface area contributed by atoms with E-state index >= 15 is 0 Å². The lowest BCUT2D eigenvalue weighted by Gasteiger charge is -2.29. The van der Waals surface area contributed by atoms with Gasteiger partial charge in [-0.1, -0.05) is 24.3 Å². The number of halogens is 6. The molecule has 2 amide bonds. The summed E-state index contributed by atoms with van der Waals surface area (Å²) in [6.45, 7) is -1.29. The standard InChI is InChI=1S/C30H27F6N3O2/c1-29(2,30(34,35)36)39-26(40)19-6-4-5-17(13-19)22-15-23-18(14-24(22)38-28(32)33)9-12-21(25(23)27(41)37-3)16-7-10-20(31)11-8-16/h4-8,10-11,13-15,28,38H,9,12H2,1-3H3,(H,37,41)(H,39,40). The molecule has 0 bridgehead atoms. The minimum Gasteiger partial charge on any atom is -0.355 e. The van der Waals surface area contributed by atoms with E-state index in [1.165, 1.54) is 49.5 Å². The molecular weight excluding hydrogens is 548 g/mol. The summed E-state index contributed by atoms with van der Waals surface area (Å²) in [5.41, 5.74) is 0.471. The van der Waals surface area contributed by atoms with Gasteiger partial charge in [-0.15, -0.1) is 0 Å². The molecule has 0 aromatic heterocycles. The third kappa shape index (κ3) is 6.23. The largest absolute Gasteiger partial charge is 0.410 e. The SMILES string of the molecule is CNC(=O)C1=C(c2ccc(F)cc2)CCc2cc(NC(F)F)c(-c3cccc(C(=O)NC(C)(C)C(F)(F)F)c3)cc21. The highest BCUT2D eigenvalue weighted by Crippen LogP contribution is 2.42. The highest BCUT2D eigenvalue weighted by Gasteiger charge is 2.48. The van der Waals surface area contributed by atoms with Crippen molar-refractivity contribution in [2.45, 2.75) is 45.0 Å². The van der Waals surface area contributed by atoms with Crippen LogP contribution in [0.2, 0.25) is 0 Å². The van der Waals surface area contributed by atoms with Gasteiger partial charge in [0.2, 0.25) is 0 Å². The zero-order valence-electron chi connectivity index (χ0n) is 22.3. The summed E-state index contributed by atoms with van der Waals surface area (Å²) in [6, 6.07) is 14.3. The van der Waals surface area contributed by atoms with Crippen LogP contribution in [0.5, 0.6) is 0 Å². The number of likely N-dealkylation sites (N-methyl/N-ethyl adjacent to an activating group) is 1. The molecule has 0 spiro atoms. The number of nitrogens with one attached hydrogen (secondary N) is 3. The molecule has 0 aliphatic heterocycles. The molecule has 4 rings (SSSR count). The van der Waals surface area contributed by atoms with Gasteiger partial charge in [0.15, 0.2) is 0 Å². The molecule has 0 atom stereocenters. The van der Waals surface area contributed by atoms with E-state index in [0.29, 0.717) is 35.1 Å². The molecule has 1 aliphatic carbocycles. The van der Waals surface area contributed by atoms with Crippen molar-refractivity contribution >= 4 is 28.6 Å². The van der Waals surface area contributed by atoms with E-state index in [-0.39, 0.29) is 28.0 Å². The van der Waals surface area contributed by atoms with Gasteiger partial charge in [0.05, 0.1) is 5.57 Å². The Bertz CT molecular complexity index is 1510. The number of fused-ring (bicyclic) bond motifs is 1. The van der Waals surface area contributed by atoms with Crippen molar-refractivity contribution in [3.63, 3.8) is 0 Å². The molecule has 3 N–H and O–H groups in total. The molecular formula is C30H27F6N3O2. The van der Waals surface area contributed by atoms with Crippen molar-refractivity contribution in [1.29, 1.82) is 0 Å². The molecule has 41 heavy (non-hydrogen) atoms. The topological polar surface area (TPSA) is 70.2 Å². The smallest absolute Gasteiger partial charge is 0.355 e. The first-order valence-electron chi connectivity index (χ1n) is 12.6. The number of hydrogen-bond acceptors (Lipinski definition) is 3. The van der Waals surface area contributed by atoms with Gasteiger partial charge in [0.1, 0.15) is 11.4 Å². The Balaban J connectivity index is 1.87. The lowest BCUT2D eigenvalue weighted by Crippen LogP contribution is -2.54. The van der Waals surface area contributed by atoms with Crippen LogP contribution < -0.4 is 16.0 Å². The molecule has 0 saturated carbocycles. The summed E-state index contributed by atoms with van der Waals surface area (Å²) >= 11 is 0. The average molecular weight is 576 g/mol. The van der Waals surface area contributed by atoms with Crippen LogP contribution in [-0.2, 0) is 11.2 Å². The second-order valence-corrected chi connectivity index (χ2v) is 10.1. The molecule has 0 saturated heterocycles. The van der Waals surface area contributed by atoms with Crippen molar-refractivity contribution in [3.05, 3.63) is 88.7 Å². The van der Waals surface area contributed by atoms with Gasteiger partial charge in [-0.2, -0.15) is 22.0 Å². The first-order chi connectivity index (χ1) is 19.2. The van der Waals surface area contributed by atoms with Gasteiger partial charge in [0, 0.05) is 23.9 Å². The van der Waals surface area contributed by atoms with E-state index in [4.69, 9.17) is 0 Å². The number of benzene rings is 3. The van der Waals surface area contributed by atoms with Crippen LogP contribution in [0.1, 0.15) is 47.3 Å². The van der Waals surface area contributed by atoms with E-state index < -0.39 is 35.9 Å². The Morgan fingerprint density at radius 3 is 2.15 bits per heavy atom. The Morgan fingerprint density at radius 2 is 1.54 bits per heavy atom. The maximum absolute atomic E-state index is 13.6. The van der Waals surface area contributed by atoms with Gasteiger partial charge in [-0.25, -0.2) is 4.39 Å². The van der Waals surface area contributed by atoms with E-state index in [9.17, 15) is 35.9 Å². The van der Waals surface area contributed by atoms with E-state index in [0.717, 1.165) is 13.8 Å². The summed E-state index contributed by atoms with van der Waals surface area (Å²) in [7, 11) is 1.45. The fourth-order valence-corrected chi connectivity index (χ4v) is 4.69. The molecule has 216 valence electrons. The molecule has 11 heteroatoms. The maximum Gasteiger partial charge on any atom is 0.410 e. The first kappa shape index (κ1) is 29.7. The predicted molar refractivity (Wildman–Crippen MR) is 145 cm³/mol. The Morgan fingerprint density at radius 1 is 0.854 bits per heavy atom. The summed E-state index contributed by atoms with van der Waals surface area (Å²) in [4.78, 5) is 25.9. The maximum atomic E-state index is 13.6. The molecule has 5 nitrogen and oxygen atoms in total. The zero-order chi connectivity index (χ0) is 30.1. The van der Waals surface area contributed by atoms with Gasteiger partial charge in [-0.3, -0.25) is 9.59 Å². The molecule has 0 radical (unpaired) electrons. The number of anilines is 1. The number of carbonyl (C=O) groups excluding carboxylic acids is 2. The molecule has 0 unspecified atom stereocenters. The Kier molecular flexibility index (Phi) is 8.19. The number of carbonyl (C=O) groups is 2. The fraction of sp³-hybridized carbons (Fsp3) is 0.267. The number of aryl methyl sites for hydroxylation is 1. The highest BCUT2D eigenvalue weighted by atomic mass is 19.4. The van der Waals surface area contributed by atoms with Crippen LogP contribution in [0, 0.1) is 5.82 Å². The van der Waals surface area contributed by atoms with Crippen molar-refractivity contribution < 1.29 is 35.9 Å². The van der Waals surface area contributed by atoms with E-state index in [1.54, 1.807) is 18.2 Å². The van der Waals surface area contributed by atoms with Crippen LogP contribution in [0.3, 0.4) is 0 Å². The fourth-order valence-electron chi connectivity index (χ4n) is 4.69. The number of hydrogen-bond donors (Lipinski definition) is 3. The van der Waals surface area contributed by atoms with Crippen LogP contribution in [-0.4, -0.2) is 37.1 Å². The zero-order valence-corrected chi connectivity index (χ0v) is 22.3. The van der Waals surface area contributed by atoms with E-state index in [2.05, 4.69) is 10.6 Å². The van der Waals surface area contributed by atoms with Crippen LogP contribution >= 0.6 is 0 Å². The molecule has 3 aromatic carbocycles. The Hall–Kier alpha value is -4.28. The highest BCUT2D eigenvalue weighted by molar-refractivity contribution is 6.28. The minimum atomic E-state index is -4.71. The number of amides is 2. The van der Waals surface area contributed by atoms with Crippen LogP contribution in [0.25, 0.3) is 22.3 Å². The van der Waals surface area contributed by atoms with Gasteiger partial charge in [0.25, 0.3) is 11.8 Å². The second kappa shape index (κ2) is 11.3. The Labute approximate surface area is 232 Å². The lowest BCUT2D eigenvalue weighted by molar-refractivity contribution is -0.182. The van der Waals surface area contributed by atoms with Gasteiger partial charge >= 0.3 is 12.7 Å². The second-order valence-electron chi connectivity index (χ2n) is 10.1.